The van der Waals surface area contributed by atoms with Gasteiger partial charge in [-0.3, -0.25) is 14.2 Å². The van der Waals surface area contributed by atoms with E-state index < -0.39 is 15.9 Å². The maximum atomic E-state index is 12.1. The summed E-state index contributed by atoms with van der Waals surface area (Å²) in [6, 6.07) is 6.86. The van der Waals surface area contributed by atoms with Gasteiger partial charge < -0.3 is 4.98 Å². The highest BCUT2D eigenvalue weighted by atomic mass is 35.5. The first-order chi connectivity index (χ1) is 11.3. The van der Waals surface area contributed by atoms with Crippen molar-refractivity contribution in [2.24, 2.45) is 7.05 Å². The van der Waals surface area contributed by atoms with Gasteiger partial charge >= 0.3 is 0 Å². The number of carbonyl (C=O) groups excluding carboxylic acids is 1. The Morgan fingerprint density at radius 2 is 2.17 bits per heavy atom. The van der Waals surface area contributed by atoms with Crippen LogP contribution in [0.5, 0.6) is 0 Å². The van der Waals surface area contributed by atoms with Gasteiger partial charge in [-0.25, -0.2) is 8.42 Å². The fourth-order valence-electron chi connectivity index (χ4n) is 2.45. The lowest BCUT2D eigenvalue weighted by molar-refractivity contribution is -0.118. The molecule has 24 heavy (non-hydrogen) atoms. The average molecular weight is 367 g/mol. The third-order valence-corrected chi connectivity index (χ3v) is 4.91. The molecule has 1 amide bonds. The lowest BCUT2D eigenvalue weighted by atomic mass is 10.1. The zero-order valence-corrected chi connectivity index (χ0v) is 14.4. The summed E-state index contributed by atoms with van der Waals surface area (Å²) in [5.74, 6) is -0.953. The normalized spacial score (nSPS) is 11.8. The predicted molar refractivity (Wildman–Crippen MR) is 91.0 cm³/mol. The van der Waals surface area contributed by atoms with Crippen molar-refractivity contribution in [2.75, 3.05) is 0 Å². The molecular weight excluding hydrogens is 352 g/mol. The first-order valence-electron chi connectivity index (χ1n) is 7.10. The van der Waals surface area contributed by atoms with Gasteiger partial charge in [0.05, 0.1) is 12.1 Å². The smallest absolute Gasteiger partial charge is 0.240 e. The van der Waals surface area contributed by atoms with Crippen LogP contribution in [0.25, 0.3) is 10.9 Å². The SMILES string of the molecule is Cn1ccc(CS(=O)(=O)NC(=O)Cc2c[nH]c3ccc(Cl)cc23)n1. The molecule has 9 heteroatoms. The number of aromatic nitrogens is 3. The van der Waals surface area contributed by atoms with Gasteiger partial charge in [-0.1, -0.05) is 11.6 Å². The van der Waals surface area contributed by atoms with Crippen molar-refractivity contribution in [1.29, 1.82) is 0 Å². The fraction of sp³-hybridized carbons (Fsp3) is 0.200. The van der Waals surface area contributed by atoms with Crippen molar-refractivity contribution < 1.29 is 13.2 Å². The van der Waals surface area contributed by atoms with E-state index >= 15 is 0 Å². The van der Waals surface area contributed by atoms with Gasteiger partial charge in [-0.2, -0.15) is 5.10 Å². The number of fused-ring (bicyclic) bond motifs is 1. The van der Waals surface area contributed by atoms with Crippen LogP contribution in [0.1, 0.15) is 11.3 Å². The standard InChI is InChI=1S/C15H15ClN4O3S/c1-20-5-4-12(18-20)9-24(22,23)19-15(21)6-10-8-17-14-3-2-11(16)7-13(10)14/h2-5,7-8,17H,6,9H2,1H3,(H,19,21). The number of hydrogen-bond donors (Lipinski definition) is 2. The van der Waals surface area contributed by atoms with Crippen molar-refractivity contribution in [1.82, 2.24) is 19.5 Å². The summed E-state index contributed by atoms with van der Waals surface area (Å²) in [6.07, 6.45) is 3.25. The van der Waals surface area contributed by atoms with E-state index in [0.29, 0.717) is 16.3 Å². The number of carbonyl (C=O) groups is 1. The van der Waals surface area contributed by atoms with Crippen molar-refractivity contribution >= 4 is 38.4 Å². The van der Waals surface area contributed by atoms with E-state index in [1.54, 1.807) is 43.7 Å². The number of aromatic amines is 1. The molecule has 1 aromatic carbocycles. The summed E-state index contributed by atoms with van der Waals surface area (Å²) in [7, 11) is -2.11. The molecule has 0 unspecified atom stereocenters. The zero-order valence-electron chi connectivity index (χ0n) is 12.8. The molecule has 0 aliphatic carbocycles. The number of hydrogen-bond acceptors (Lipinski definition) is 4. The highest BCUT2D eigenvalue weighted by Gasteiger charge is 2.18. The highest BCUT2D eigenvalue weighted by Crippen LogP contribution is 2.22. The summed E-state index contributed by atoms with van der Waals surface area (Å²) in [4.78, 5) is 15.1. The van der Waals surface area contributed by atoms with Gasteiger partial charge in [-0.05, 0) is 29.8 Å². The summed E-state index contributed by atoms with van der Waals surface area (Å²) < 4.78 is 27.7. The molecule has 2 aromatic heterocycles. The maximum absolute atomic E-state index is 12.1. The number of H-pyrrole nitrogens is 1. The second kappa shape index (κ2) is 6.29. The number of halogens is 1. The molecule has 0 fully saturated rings. The lowest BCUT2D eigenvalue weighted by Crippen LogP contribution is -2.32. The molecule has 0 saturated heterocycles. The zero-order chi connectivity index (χ0) is 17.3. The van der Waals surface area contributed by atoms with Gasteiger partial charge in [0.15, 0.2) is 0 Å². The summed E-state index contributed by atoms with van der Waals surface area (Å²) >= 11 is 5.96. The number of rotatable bonds is 5. The first-order valence-corrected chi connectivity index (χ1v) is 9.13. The van der Waals surface area contributed by atoms with Crippen LogP contribution >= 0.6 is 11.6 Å². The molecule has 7 nitrogen and oxygen atoms in total. The third kappa shape index (κ3) is 3.77. The molecule has 2 heterocycles. The van der Waals surface area contributed by atoms with Crippen LogP contribution in [0.2, 0.25) is 5.02 Å². The Bertz CT molecular complexity index is 1010. The van der Waals surface area contributed by atoms with Crippen LogP contribution in [0.15, 0.2) is 36.7 Å². The van der Waals surface area contributed by atoms with Crippen LogP contribution < -0.4 is 4.72 Å². The van der Waals surface area contributed by atoms with Crippen LogP contribution in [0.3, 0.4) is 0 Å². The Kier molecular flexibility index (Phi) is 4.33. The number of benzene rings is 1. The number of nitrogens with one attached hydrogen (secondary N) is 2. The molecule has 3 rings (SSSR count). The largest absolute Gasteiger partial charge is 0.361 e. The molecule has 0 atom stereocenters. The average Bonchev–Trinajstić information content (AvgIpc) is 3.04. The summed E-state index contributed by atoms with van der Waals surface area (Å²) in [6.45, 7) is 0. The Balaban J connectivity index is 1.71. The minimum Gasteiger partial charge on any atom is -0.361 e. The van der Waals surface area contributed by atoms with E-state index in [4.69, 9.17) is 11.6 Å². The third-order valence-electron chi connectivity index (χ3n) is 3.46. The molecule has 0 spiro atoms. The molecule has 2 N–H and O–H groups in total. The molecule has 0 radical (unpaired) electrons. The monoisotopic (exact) mass is 366 g/mol. The fourth-order valence-corrected chi connectivity index (χ4v) is 3.66. The van der Waals surface area contributed by atoms with Crippen LogP contribution in [0.4, 0.5) is 0 Å². The molecule has 126 valence electrons. The quantitative estimate of drug-likeness (QED) is 0.718. The van der Waals surface area contributed by atoms with E-state index in [1.807, 2.05) is 0 Å². The Hall–Kier alpha value is -2.32. The van der Waals surface area contributed by atoms with Gasteiger partial charge in [0.25, 0.3) is 0 Å². The van der Waals surface area contributed by atoms with Gasteiger partial charge in [0.2, 0.25) is 15.9 Å². The topological polar surface area (TPSA) is 96.9 Å². The van der Waals surface area contributed by atoms with Crippen LogP contribution in [-0.2, 0) is 34.0 Å². The Morgan fingerprint density at radius 3 is 2.88 bits per heavy atom. The van der Waals surface area contributed by atoms with Crippen LogP contribution in [0, 0.1) is 0 Å². The number of amides is 1. The van der Waals surface area contributed by atoms with Crippen LogP contribution in [-0.4, -0.2) is 29.1 Å². The minimum atomic E-state index is -3.80. The summed E-state index contributed by atoms with van der Waals surface area (Å²) in [5.41, 5.74) is 1.88. The highest BCUT2D eigenvalue weighted by molar-refractivity contribution is 7.89. The predicted octanol–water partition coefficient (Wildman–Crippen LogP) is 1.74. The molecule has 0 aliphatic rings. The van der Waals surface area contributed by atoms with Crippen molar-refractivity contribution in [3.05, 3.63) is 52.9 Å². The molecule has 3 aromatic rings. The molecule has 0 aliphatic heterocycles. The minimum absolute atomic E-state index is 0.0677. The Morgan fingerprint density at radius 1 is 1.38 bits per heavy atom. The van der Waals surface area contributed by atoms with Crippen molar-refractivity contribution in [2.45, 2.75) is 12.2 Å². The van der Waals surface area contributed by atoms with E-state index in [2.05, 4.69) is 14.8 Å². The van der Waals surface area contributed by atoms with E-state index in [-0.39, 0.29) is 12.2 Å². The second-order valence-corrected chi connectivity index (χ2v) is 7.60. The van der Waals surface area contributed by atoms with Gasteiger partial charge in [-0.15, -0.1) is 0 Å². The molecule has 0 bridgehead atoms. The number of sulfonamides is 1. The van der Waals surface area contributed by atoms with Crippen molar-refractivity contribution in [3.8, 4) is 0 Å². The van der Waals surface area contributed by atoms with Crippen molar-refractivity contribution in [3.63, 3.8) is 0 Å². The lowest BCUT2D eigenvalue weighted by Gasteiger charge is -2.05. The number of nitrogens with zero attached hydrogens (tertiary/aromatic N) is 2. The van der Waals surface area contributed by atoms with E-state index in [1.165, 1.54) is 4.68 Å². The number of aryl methyl sites for hydroxylation is 1. The molecule has 0 saturated carbocycles. The Labute approximate surface area is 143 Å². The maximum Gasteiger partial charge on any atom is 0.240 e. The van der Waals surface area contributed by atoms with Gasteiger partial charge in [0.1, 0.15) is 5.75 Å². The van der Waals surface area contributed by atoms with E-state index in [0.717, 1.165) is 10.9 Å². The van der Waals surface area contributed by atoms with Gasteiger partial charge in [0, 0.05) is 35.4 Å². The first kappa shape index (κ1) is 16.5. The summed E-state index contributed by atoms with van der Waals surface area (Å²) in [5, 5.41) is 5.34. The molecular formula is C15H15ClN4O3S. The van der Waals surface area contributed by atoms with E-state index in [9.17, 15) is 13.2 Å². The second-order valence-electron chi connectivity index (χ2n) is 5.45.